The second kappa shape index (κ2) is 15.6. The molecule has 0 fully saturated rings. The van der Waals surface area contributed by atoms with Crippen LogP contribution < -0.4 is 5.32 Å². The maximum Gasteiger partial charge on any atom is 0.407 e. The van der Waals surface area contributed by atoms with Gasteiger partial charge in [-0.05, 0) is 19.3 Å². The van der Waals surface area contributed by atoms with E-state index in [-0.39, 0.29) is 5.97 Å². The Hall–Kier alpha value is -1.26. The van der Waals surface area contributed by atoms with Gasteiger partial charge < -0.3 is 14.8 Å². The zero-order chi connectivity index (χ0) is 17.3. The summed E-state index contributed by atoms with van der Waals surface area (Å²) in [6.45, 7) is 7.00. The molecule has 1 unspecified atom stereocenters. The van der Waals surface area contributed by atoms with Crippen molar-refractivity contribution in [3.63, 3.8) is 0 Å². The summed E-state index contributed by atoms with van der Waals surface area (Å²) in [5.41, 5.74) is 0. The van der Waals surface area contributed by atoms with Gasteiger partial charge in [-0.2, -0.15) is 0 Å². The quantitative estimate of drug-likeness (QED) is 0.374. The number of carbonyl (C=O) groups is 2. The standard InChI is InChI=1S/C18H35NO4/c1-4-7-9-11-13-16(19-18(21)23-14-6-3)17(20)22-15-12-10-8-5-2/h16H,4-15H2,1-3H3,(H,19,21). The summed E-state index contributed by atoms with van der Waals surface area (Å²) in [7, 11) is 0. The van der Waals surface area contributed by atoms with Gasteiger partial charge in [0, 0.05) is 0 Å². The number of esters is 1. The summed E-state index contributed by atoms with van der Waals surface area (Å²) in [6.07, 6.45) is 9.32. The highest BCUT2D eigenvalue weighted by Gasteiger charge is 2.22. The van der Waals surface area contributed by atoms with E-state index in [9.17, 15) is 9.59 Å². The highest BCUT2D eigenvalue weighted by atomic mass is 16.6. The number of rotatable bonds is 14. The van der Waals surface area contributed by atoms with E-state index in [0.717, 1.165) is 57.8 Å². The van der Waals surface area contributed by atoms with Crippen molar-refractivity contribution in [2.75, 3.05) is 13.2 Å². The van der Waals surface area contributed by atoms with Crippen LogP contribution in [-0.4, -0.2) is 31.3 Å². The third-order valence-electron chi connectivity index (χ3n) is 3.60. The number of carbonyl (C=O) groups excluding carboxylic acids is 2. The van der Waals surface area contributed by atoms with Crippen molar-refractivity contribution in [1.82, 2.24) is 5.32 Å². The van der Waals surface area contributed by atoms with Gasteiger partial charge in [0.1, 0.15) is 6.04 Å². The molecule has 0 saturated carbocycles. The summed E-state index contributed by atoms with van der Waals surface area (Å²) in [6, 6.07) is -0.595. The van der Waals surface area contributed by atoms with E-state index in [4.69, 9.17) is 9.47 Å². The van der Waals surface area contributed by atoms with Gasteiger partial charge in [-0.3, -0.25) is 0 Å². The molecular weight excluding hydrogens is 294 g/mol. The van der Waals surface area contributed by atoms with Crippen LogP contribution in [0.15, 0.2) is 0 Å². The maximum atomic E-state index is 12.2. The van der Waals surface area contributed by atoms with E-state index in [2.05, 4.69) is 19.2 Å². The van der Waals surface area contributed by atoms with Crippen molar-refractivity contribution in [2.24, 2.45) is 0 Å². The zero-order valence-corrected chi connectivity index (χ0v) is 15.2. The summed E-state index contributed by atoms with van der Waals surface area (Å²) in [4.78, 5) is 23.8. The molecule has 23 heavy (non-hydrogen) atoms. The van der Waals surface area contributed by atoms with Crippen molar-refractivity contribution < 1.29 is 19.1 Å². The minimum Gasteiger partial charge on any atom is -0.464 e. The minimum absolute atomic E-state index is 0.341. The van der Waals surface area contributed by atoms with Gasteiger partial charge in [-0.15, -0.1) is 0 Å². The summed E-state index contributed by atoms with van der Waals surface area (Å²) < 4.78 is 10.3. The Labute approximate surface area is 141 Å². The number of alkyl carbamates (subject to hydrolysis) is 1. The molecule has 0 spiro atoms. The molecule has 1 amide bonds. The molecule has 1 atom stereocenters. The predicted octanol–water partition coefficient (Wildman–Crippen LogP) is 4.59. The Morgan fingerprint density at radius 3 is 2.04 bits per heavy atom. The lowest BCUT2D eigenvalue weighted by Crippen LogP contribution is -2.42. The van der Waals surface area contributed by atoms with Crippen molar-refractivity contribution >= 4 is 12.1 Å². The fraction of sp³-hybridized carbons (Fsp3) is 0.889. The molecule has 1 N–H and O–H groups in total. The minimum atomic E-state index is -0.595. The van der Waals surface area contributed by atoms with Crippen LogP contribution in [0.3, 0.4) is 0 Å². The first-order valence-corrected chi connectivity index (χ1v) is 9.25. The van der Waals surface area contributed by atoms with E-state index >= 15 is 0 Å². The molecule has 0 aliphatic rings. The number of amides is 1. The second-order valence-electron chi connectivity index (χ2n) is 5.91. The van der Waals surface area contributed by atoms with Gasteiger partial charge >= 0.3 is 12.1 Å². The molecule has 0 aliphatic heterocycles. The second-order valence-corrected chi connectivity index (χ2v) is 5.91. The molecule has 0 saturated heterocycles. The van der Waals surface area contributed by atoms with Crippen LogP contribution in [0.1, 0.15) is 85.0 Å². The molecule has 0 aromatic heterocycles. The van der Waals surface area contributed by atoms with E-state index < -0.39 is 12.1 Å². The third-order valence-corrected chi connectivity index (χ3v) is 3.60. The number of hydrogen-bond acceptors (Lipinski definition) is 4. The van der Waals surface area contributed by atoms with E-state index in [1.807, 2.05) is 6.92 Å². The smallest absolute Gasteiger partial charge is 0.407 e. The highest BCUT2D eigenvalue weighted by molar-refractivity contribution is 5.81. The zero-order valence-electron chi connectivity index (χ0n) is 15.2. The molecular formula is C18H35NO4. The number of unbranched alkanes of at least 4 members (excludes halogenated alkanes) is 6. The molecule has 5 nitrogen and oxygen atoms in total. The maximum absolute atomic E-state index is 12.2. The lowest BCUT2D eigenvalue weighted by atomic mass is 10.1. The van der Waals surface area contributed by atoms with Crippen LogP contribution in [0.2, 0.25) is 0 Å². The fourth-order valence-corrected chi connectivity index (χ4v) is 2.21. The molecule has 0 bridgehead atoms. The first-order chi connectivity index (χ1) is 11.2. The topological polar surface area (TPSA) is 64.6 Å². The Morgan fingerprint density at radius 2 is 1.43 bits per heavy atom. The number of hydrogen-bond donors (Lipinski definition) is 1. The molecule has 0 aliphatic carbocycles. The highest BCUT2D eigenvalue weighted by Crippen LogP contribution is 2.08. The summed E-state index contributed by atoms with van der Waals surface area (Å²) in [5, 5.41) is 2.64. The van der Waals surface area contributed by atoms with Gasteiger partial charge in [-0.1, -0.05) is 65.7 Å². The summed E-state index contributed by atoms with van der Waals surface area (Å²) in [5.74, 6) is -0.341. The molecule has 5 heteroatoms. The van der Waals surface area contributed by atoms with Gasteiger partial charge in [0.05, 0.1) is 13.2 Å². The molecule has 0 radical (unpaired) electrons. The third kappa shape index (κ3) is 12.9. The van der Waals surface area contributed by atoms with Crippen LogP contribution in [0.25, 0.3) is 0 Å². The number of ether oxygens (including phenoxy) is 2. The lowest BCUT2D eigenvalue weighted by Gasteiger charge is -2.17. The molecule has 136 valence electrons. The van der Waals surface area contributed by atoms with Crippen molar-refractivity contribution in [1.29, 1.82) is 0 Å². The lowest BCUT2D eigenvalue weighted by molar-refractivity contribution is -0.146. The van der Waals surface area contributed by atoms with Gasteiger partial charge in [0.25, 0.3) is 0 Å². The van der Waals surface area contributed by atoms with Crippen LogP contribution >= 0.6 is 0 Å². The van der Waals surface area contributed by atoms with Gasteiger partial charge in [0.15, 0.2) is 0 Å². The van der Waals surface area contributed by atoms with E-state index in [1.54, 1.807) is 0 Å². The normalized spacial score (nSPS) is 11.8. The van der Waals surface area contributed by atoms with Crippen LogP contribution in [-0.2, 0) is 14.3 Å². The molecule has 0 rings (SSSR count). The van der Waals surface area contributed by atoms with Crippen LogP contribution in [0.4, 0.5) is 4.79 Å². The van der Waals surface area contributed by atoms with Gasteiger partial charge in [0.2, 0.25) is 0 Å². The van der Waals surface area contributed by atoms with Crippen LogP contribution in [0.5, 0.6) is 0 Å². The van der Waals surface area contributed by atoms with Gasteiger partial charge in [-0.25, -0.2) is 9.59 Å². The average Bonchev–Trinajstić information content (AvgIpc) is 2.55. The number of nitrogens with one attached hydrogen (secondary N) is 1. The van der Waals surface area contributed by atoms with Crippen molar-refractivity contribution in [3.05, 3.63) is 0 Å². The summed E-state index contributed by atoms with van der Waals surface area (Å²) >= 11 is 0. The first kappa shape index (κ1) is 21.7. The SMILES string of the molecule is CCCCCCOC(=O)C(CCCCCC)NC(=O)OCCC. The average molecular weight is 329 g/mol. The Kier molecular flexibility index (Phi) is 14.8. The molecule has 0 aromatic rings. The van der Waals surface area contributed by atoms with Crippen molar-refractivity contribution in [2.45, 2.75) is 91.0 Å². The van der Waals surface area contributed by atoms with E-state index in [1.165, 1.54) is 0 Å². The first-order valence-electron chi connectivity index (χ1n) is 9.25. The largest absolute Gasteiger partial charge is 0.464 e. The fourth-order valence-electron chi connectivity index (χ4n) is 2.21. The Morgan fingerprint density at radius 1 is 0.783 bits per heavy atom. The van der Waals surface area contributed by atoms with Crippen LogP contribution in [0, 0.1) is 0 Å². The Balaban J connectivity index is 4.21. The van der Waals surface area contributed by atoms with Crippen molar-refractivity contribution in [3.8, 4) is 0 Å². The predicted molar refractivity (Wildman–Crippen MR) is 92.4 cm³/mol. The van der Waals surface area contributed by atoms with E-state index in [0.29, 0.717) is 19.6 Å². The Bertz CT molecular complexity index is 307. The molecule has 0 heterocycles. The molecule has 0 aromatic carbocycles. The monoisotopic (exact) mass is 329 g/mol.